The number of hydrogen-bond donors (Lipinski definition) is 0. The smallest absolute Gasteiger partial charge is 0.0342 e. The standard InChI is InChI=1S/C9H10Br4/c10-2-6-4-1-5(7(6)3-11)9(13)8(4)12/h4-5,8-9H,1-3H2/t4-,5+,8-,9-/m1/s1. The molecule has 0 N–H and O–H groups in total. The van der Waals surface area contributed by atoms with Crippen LogP contribution in [0.1, 0.15) is 6.42 Å². The zero-order valence-corrected chi connectivity index (χ0v) is 13.3. The van der Waals surface area contributed by atoms with Crippen molar-refractivity contribution < 1.29 is 0 Å². The van der Waals surface area contributed by atoms with Crippen molar-refractivity contribution in [2.75, 3.05) is 10.7 Å². The van der Waals surface area contributed by atoms with Crippen LogP contribution in [0, 0.1) is 11.8 Å². The number of alkyl halides is 4. The van der Waals surface area contributed by atoms with Gasteiger partial charge in [-0.05, 0) is 18.3 Å². The minimum absolute atomic E-state index is 0.632. The first-order valence-electron chi connectivity index (χ1n) is 4.32. The molecule has 0 nitrogen and oxygen atoms in total. The molecule has 1 saturated carbocycles. The topological polar surface area (TPSA) is 0 Å². The fraction of sp³-hybridized carbons (Fsp3) is 0.778. The van der Waals surface area contributed by atoms with E-state index in [0.717, 1.165) is 22.5 Å². The Morgan fingerprint density at radius 2 is 1.31 bits per heavy atom. The van der Waals surface area contributed by atoms with E-state index in [1.165, 1.54) is 6.42 Å². The molecule has 0 aromatic carbocycles. The summed E-state index contributed by atoms with van der Waals surface area (Å²) < 4.78 is 0. The quantitative estimate of drug-likeness (QED) is 0.447. The van der Waals surface area contributed by atoms with Crippen molar-refractivity contribution in [2.24, 2.45) is 11.8 Å². The van der Waals surface area contributed by atoms with Crippen LogP contribution >= 0.6 is 63.7 Å². The van der Waals surface area contributed by atoms with Crippen LogP contribution in [0.3, 0.4) is 0 Å². The van der Waals surface area contributed by atoms with Gasteiger partial charge in [0.05, 0.1) is 0 Å². The Balaban J connectivity index is 2.33. The predicted molar refractivity (Wildman–Crippen MR) is 71.6 cm³/mol. The Kier molecular flexibility index (Phi) is 3.66. The van der Waals surface area contributed by atoms with E-state index in [-0.39, 0.29) is 0 Å². The zero-order valence-electron chi connectivity index (χ0n) is 6.94. The maximum Gasteiger partial charge on any atom is 0.0342 e. The van der Waals surface area contributed by atoms with Crippen molar-refractivity contribution in [1.82, 2.24) is 0 Å². The van der Waals surface area contributed by atoms with E-state index >= 15 is 0 Å². The van der Waals surface area contributed by atoms with Gasteiger partial charge in [0.15, 0.2) is 0 Å². The predicted octanol–water partition coefficient (Wildman–Crippen LogP) is 4.25. The molecule has 0 amide bonds. The van der Waals surface area contributed by atoms with Gasteiger partial charge in [0.2, 0.25) is 0 Å². The molecule has 2 bridgehead atoms. The van der Waals surface area contributed by atoms with Gasteiger partial charge >= 0.3 is 0 Å². The fourth-order valence-electron chi connectivity index (χ4n) is 2.49. The minimum Gasteiger partial charge on any atom is -0.0880 e. The first kappa shape index (κ1) is 11.2. The molecular formula is C9H10Br4. The lowest BCUT2D eigenvalue weighted by atomic mass is 9.94. The van der Waals surface area contributed by atoms with Crippen molar-refractivity contribution in [3.63, 3.8) is 0 Å². The average Bonchev–Trinajstić information content (AvgIpc) is 2.63. The average molecular weight is 438 g/mol. The monoisotopic (exact) mass is 434 g/mol. The number of allylic oxidation sites excluding steroid dienone is 2. The highest BCUT2D eigenvalue weighted by atomic mass is 79.9. The fourth-order valence-corrected chi connectivity index (χ4v) is 5.85. The molecule has 0 aromatic heterocycles. The lowest BCUT2D eigenvalue weighted by Crippen LogP contribution is -2.26. The SMILES string of the molecule is BrCC1=C(CBr)[C@@H]2C[C@H]1[C@@H](Br)[C@@H]2Br. The van der Waals surface area contributed by atoms with Crippen molar-refractivity contribution >= 4 is 63.7 Å². The second kappa shape index (κ2) is 4.26. The molecule has 0 heterocycles. The summed E-state index contributed by atoms with van der Waals surface area (Å²) in [5.41, 5.74) is 3.25. The Morgan fingerprint density at radius 3 is 1.62 bits per heavy atom. The summed E-state index contributed by atoms with van der Waals surface area (Å²) in [7, 11) is 0. The van der Waals surface area contributed by atoms with Crippen LogP contribution in [0.5, 0.6) is 0 Å². The van der Waals surface area contributed by atoms with E-state index in [4.69, 9.17) is 0 Å². The Hall–Kier alpha value is 1.66. The first-order valence-corrected chi connectivity index (χ1v) is 8.40. The Bertz CT molecular complexity index is 224. The van der Waals surface area contributed by atoms with E-state index < -0.39 is 0 Å². The van der Waals surface area contributed by atoms with Gasteiger partial charge in [-0.1, -0.05) is 74.9 Å². The van der Waals surface area contributed by atoms with E-state index in [2.05, 4.69) is 63.7 Å². The second-order valence-electron chi connectivity index (χ2n) is 3.66. The molecule has 13 heavy (non-hydrogen) atoms. The van der Waals surface area contributed by atoms with Gasteiger partial charge in [0.25, 0.3) is 0 Å². The Morgan fingerprint density at radius 1 is 0.923 bits per heavy atom. The van der Waals surface area contributed by atoms with Crippen molar-refractivity contribution in [3.05, 3.63) is 11.1 Å². The summed E-state index contributed by atoms with van der Waals surface area (Å²) in [5.74, 6) is 1.50. The highest BCUT2D eigenvalue weighted by Crippen LogP contribution is 2.54. The van der Waals surface area contributed by atoms with Crippen LogP contribution in [-0.4, -0.2) is 20.3 Å². The molecule has 0 saturated heterocycles. The van der Waals surface area contributed by atoms with Gasteiger partial charge in [0, 0.05) is 20.3 Å². The van der Waals surface area contributed by atoms with Gasteiger partial charge in [-0.2, -0.15) is 0 Å². The normalized spacial score (nSPS) is 43.4. The molecule has 0 radical (unpaired) electrons. The van der Waals surface area contributed by atoms with Gasteiger partial charge in [0.1, 0.15) is 0 Å². The lowest BCUT2D eigenvalue weighted by Gasteiger charge is -2.26. The third-order valence-electron chi connectivity index (χ3n) is 3.18. The minimum atomic E-state index is 0.632. The molecule has 0 unspecified atom stereocenters. The van der Waals surface area contributed by atoms with Gasteiger partial charge in [-0.15, -0.1) is 0 Å². The molecule has 1 fully saturated rings. The van der Waals surface area contributed by atoms with E-state index in [1.54, 1.807) is 11.1 Å². The maximum absolute atomic E-state index is 3.78. The zero-order chi connectivity index (χ0) is 9.59. The first-order chi connectivity index (χ1) is 6.20. The van der Waals surface area contributed by atoms with Crippen molar-refractivity contribution in [3.8, 4) is 0 Å². The van der Waals surface area contributed by atoms with Crippen molar-refractivity contribution in [2.45, 2.75) is 16.1 Å². The van der Waals surface area contributed by atoms with Crippen LogP contribution in [0.4, 0.5) is 0 Å². The molecule has 4 heteroatoms. The lowest BCUT2D eigenvalue weighted by molar-refractivity contribution is 0.672. The van der Waals surface area contributed by atoms with Crippen LogP contribution < -0.4 is 0 Å². The third-order valence-corrected chi connectivity index (χ3v) is 7.51. The van der Waals surface area contributed by atoms with Gasteiger partial charge in [-0.3, -0.25) is 0 Å². The molecule has 4 atom stereocenters. The highest BCUT2D eigenvalue weighted by Gasteiger charge is 2.49. The second-order valence-corrected chi connectivity index (χ2v) is 6.89. The van der Waals surface area contributed by atoms with E-state index in [0.29, 0.717) is 9.65 Å². The van der Waals surface area contributed by atoms with Crippen LogP contribution in [0.2, 0.25) is 0 Å². The molecule has 2 aliphatic carbocycles. The number of rotatable bonds is 2. The molecule has 2 rings (SSSR count). The van der Waals surface area contributed by atoms with E-state index in [1.807, 2.05) is 0 Å². The van der Waals surface area contributed by atoms with Crippen molar-refractivity contribution in [1.29, 1.82) is 0 Å². The van der Waals surface area contributed by atoms with Crippen LogP contribution in [-0.2, 0) is 0 Å². The molecule has 0 aliphatic heterocycles. The highest BCUT2D eigenvalue weighted by molar-refractivity contribution is 9.12. The molecule has 74 valence electrons. The summed E-state index contributed by atoms with van der Waals surface area (Å²) in [6, 6.07) is 0. The summed E-state index contributed by atoms with van der Waals surface area (Å²) in [6.45, 7) is 0. The largest absolute Gasteiger partial charge is 0.0880 e. The third kappa shape index (κ3) is 1.64. The molecular weight excluding hydrogens is 428 g/mol. The molecule has 0 aromatic rings. The Labute approximate surface area is 112 Å². The summed E-state index contributed by atoms with van der Waals surface area (Å²) in [6.07, 6.45) is 1.33. The maximum atomic E-state index is 3.78. The summed E-state index contributed by atoms with van der Waals surface area (Å²) >= 11 is 14.7. The van der Waals surface area contributed by atoms with Gasteiger partial charge in [-0.25, -0.2) is 0 Å². The number of hydrogen-bond acceptors (Lipinski definition) is 0. The van der Waals surface area contributed by atoms with Gasteiger partial charge < -0.3 is 0 Å². The summed E-state index contributed by atoms with van der Waals surface area (Å²) in [5, 5.41) is 2.08. The number of halogens is 4. The van der Waals surface area contributed by atoms with Crippen LogP contribution in [0.25, 0.3) is 0 Å². The van der Waals surface area contributed by atoms with E-state index in [9.17, 15) is 0 Å². The summed E-state index contributed by atoms with van der Waals surface area (Å²) in [4.78, 5) is 1.26. The molecule has 0 spiro atoms. The van der Waals surface area contributed by atoms with Crippen LogP contribution in [0.15, 0.2) is 11.1 Å². The molecule has 2 aliphatic rings. The number of fused-ring (bicyclic) bond motifs is 2.